The van der Waals surface area contributed by atoms with Gasteiger partial charge in [-0.2, -0.15) is 0 Å². The number of rotatable bonds is 6. The average Bonchev–Trinajstić information content (AvgIpc) is 2.34. The van der Waals surface area contributed by atoms with Crippen molar-refractivity contribution in [3.05, 3.63) is 27.1 Å². The van der Waals surface area contributed by atoms with E-state index in [-0.39, 0.29) is 5.43 Å². The Morgan fingerprint density at radius 2 is 1.83 bits per heavy atom. The highest BCUT2D eigenvalue weighted by Crippen LogP contribution is 2.20. The largest absolute Gasteiger partial charge is 0.468 e. The fourth-order valence-corrected chi connectivity index (χ4v) is 2.04. The molecule has 0 aliphatic rings. The molecule has 18 heavy (non-hydrogen) atoms. The fraction of sp³-hybridized carbons (Fsp3) is 0.667. The van der Waals surface area contributed by atoms with Crippen LogP contribution in [-0.2, 0) is 6.42 Å². The predicted molar refractivity (Wildman–Crippen MR) is 73.4 cm³/mol. The Hall–Kier alpha value is -1.25. The van der Waals surface area contributed by atoms with Gasteiger partial charge in [0.05, 0.1) is 12.7 Å². The van der Waals surface area contributed by atoms with Gasteiger partial charge in [-0.1, -0.05) is 26.7 Å². The summed E-state index contributed by atoms with van der Waals surface area (Å²) in [6.45, 7) is 8.01. The summed E-state index contributed by atoms with van der Waals surface area (Å²) in [6, 6.07) is 0. The zero-order valence-electron chi connectivity index (χ0n) is 12.1. The minimum atomic E-state index is 0.0389. The van der Waals surface area contributed by atoms with Crippen LogP contribution in [0.15, 0.2) is 9.21 Å². The molecule has 1 aromatic heterocycles. The SMILES string of the molecule is COc1oc(CCCCC(C)C)c(C)c(=O)c1C. The smallest absolute Gasteiger partial charge is 0.291 e. The standard InChI is InChI=1S/C15H24O3/c1-10(2)8-6-7-9-13-11(3)14(16)12(4)15(17-5)18-13/h10H,6-9H2,1-5H3. The van der Waals surface area contributed by atoms with Crippen molar-refractivity contribution in [3.63, 3.8) is 0 Å². The van der Waals surface area contributed by atoms with E-state index in [1.807, 2.05) is 6.92 Å². The summed E-state index contributed by atoms with van der Waals surface area (Å²) >= 11 is 0. The lowest BCUT2D eigenvalue weighted by Gasteiger charge is -2.09. The van der Waals surface area contributed by atoms with Crippen molar-refractivity contribution >= 4 is 0 Å². The Balaban J connectivity index is 2.77. The van der Waals surface area contributed by atoms with E-state index >= 15 is 0 Å². The second kappa shape index (κ2) is 6.62. The summed E-state index contributed by atoms with van der Waals surface area (Å²) in [4.78, 5) is 12.0. The van der Waals surface area contributed by atoms with Crippen LogP contribution in [0.1, 0.15) is 50.0 Å². The zero-order chi connectivity index (χ0) is 13.7. The van der Waals surface area contributed by atoms with Gasteiger partial charge in [0.15, 0.2) is 5.43 Å². The highest BCUT2D eigenvalue weighted by Gasteiger charge is 2.13. The Morgan fingerprint density at radius 3 is 2.39 bits per heavy atom. The number of hydrogen-bond donors (Lipinski definition) is 0. The molecule has 1 heterocycles. The maximum absolute atomic E-state index is 12.0. The van der Waals surface area contributed by atoms with E-state index in [2.05, 4.69) is 13.8 Å². The second-order valence-corrected chi connectivity index (χ2v) is 5.24. The van der Waals surface area contributed by atoms with E-state index in [9.17, 15) is 4.79 Å². The Kier molecular flexibility index (Phi) is 5.45. The van der Waals surface area contributed by atoms with Crippen LogP contribution in [0, 0.1) is 19.8 Å². The Morgan fingerprint density at radius 1 is 1.17 bits per heavy atom. The molecule has 0 bridgehead atoms. The average molecular weight is 252 g/mol. The van der Waals surface area contributed by atoms with Gasteiger partial charge in [-0.3, -0.25) is 4.79 Å². The molecule has 3 heteroatoms. The van der Waals surface area contributed by atoms with Crippen molar-refractivity contribution in [1.82, 2.24) is 0 Å². The van der Waals surface area contributed by atoms with Crippen molar-refractivity contribution in [2.24, 2.45) is 5.92 Å². The topological polar surface area (TPSA) is 39.4 Å². The highest BCUT2D eigenvalue weighted by atomic mass is 16.6. The molecule has 102 valence electrons. The van der Waals surface area contributed by atoms with Crippen molar-refractivity contribution < 1.29 is 9.15 Å². The first kappa shape index (κ1) is 14.8. The van der Waals surface area contributed by atoms with Crippen molar-refractivity contribution in [1.29, 1.82) is 0 Å². The first-order valence-corrected chi connectivity index (χ1v) is 6.64. The maximum atomic E-state index is 12.0. The summed E-state index contributed by atoms with van der Waals surface area (Å²) in [5, 5.41) is 0. The molecule has 0 atom stereocenters. The molecule has 0 aliphatic carbocycles. The van der Waals surface area contributed by atoms with Gasteiger partial charge in [-0.05, 0) is 26.2 Å². The lowest BCUT2D eigenvalue weighted by atomic mass is 10.0. The van der Waals surface area contributed by atoms with E-state index < -0.39 is 0 Å². The quantitative estimate of drug-likeness (QED) is 0.726. The summed E-state index contributed by atoms with van der Waals surface area (Å²) < 4.78 is 10.8. The number of unbranched alkanes of at least 4 members (excludes halogenated alkanes) is 1. The van der Waals surface area contributed by atoms with Crippen LogP contribution >= 0.6 is 0 Å². The molecule has 0 saturated carbocycles. The van der Waals surface area contributed by atoms with Gasteiger partial charge in [-0.25, -0.2) is 0 Å². The molecular formula is C15H24O3. The monoisotopic (exact) mass is 252 g/mol. The predicted octanol–water partition coefficient (Wildman–Crippen LogP) is 3.63. The minimum absolute atomic E-state index is 0.0389. The van der Waals surface area contributed by atoms with Crippen LogP contribution in [0.3, 0.4) is 0 Å². The molecule has 0 spiro atoms. The number of methoxy groups -OCH3 is 1. The van der Waals surface area contributed by atoms with Crippen LogP contribution in [0.2, 0.25) is 0 Å². The Labute approximate surface area is 109 Å². The third-order valence-corrected chi connectivity index (χ3v) is 3.24. The molecule has 0 radical (unpaired) electrons. The van der Waals surface area contributed by atoms with Gasteiger partial charge in [0.2, 0.25) is 0 Å². The summed E-state index contributed by atoms with van der Waals surface area (Å²) in [5.41, 5.74) is 1.32. The maximum Gasteiger partial charge on any atom is 0.291 e. The summed E-state index contributed by atoms with van der Waals surface area (Å²) in [5.74, 6) is 1.85. The lowest BCUT2D eigenvalue weighted by molar-refractivity contribution is 0.277. The first-order chi connectivity index (χ1) is 8.47. The minimum Gasteiger partial charge on any atom is -0.468 e. The van der Waals surface area contributed by atoms with E-state index in [1.54, 1.807) is 6.92 Å². The number of aryl methyl sites for hydroxylation is 1. The number of ether oxygens (including phenoxy) is 1. The Bertz CT molecular complexity index is 444. The molecular weight excluding hydrogens is 228 g/mol. The van der Waals surface area contributed by atoms with E-state index in [4.69, 9.17) is 9.15 Å². The molecule has 0 saturated heterocycles. The van der Waals surface area contributed by atoms with E-state index in [0.29, 0.717) is 11.5 Å². The van der Waals surface area contributed by atoms with E-state index in [0.717, 1.165) is 36.5 Å². The molecule has 0 aromatic carbocycles. The van der Waals surface area contributed by atoms with Crippen LogP contribution in [-0.4, -0.2) is 7.11 Å². The van der Waals surface area contributed by atoms with Gasteiger partial charge in [0, 0.05) is 12.0 Å². The molecule has 1 aromatic rings. The highest BCUT2D eigenvalue weighted by molar-refractivity contribution is 5.29. The molecule has 1 rings (SSSR count). The van der Waals surface area contributed by atoms with E-state index in [1.165, 1.54) is 13.5 Å². The summed E-state index contributed by atoms with van der Waals surface area (Å²) in [7, 11) is 1.53. The second-order valence-electron chi connectivity index (χ2n) is 5.24. The van der Waals surface area contributed by atoms with Crippen LogP contribution in [0.4, 0.5) is 0 Å². The third kappa shape index (κ3) is 3.62. The van der Waals surface area contributed by atoms with Gasteiger partial charge < -0.3 is 9.15 Å². The van der Waals surface area contributed by atoms with Gasteiger partial charge >= 0.3 is 0 Å². The molecule has 0 unspecified atom stereocenters. The van der Waals surface area contributed by atoms with Gasteiger partial charge in [0.1, 0.15) is 5.76 Å². The van der Waals surface area contributed by atoms with Crippen molar-refractivity contribution in [2.75, 3.05) is 7.11 Å². The lowest BCUT2D eigenvalue weighted by Crippen LogP contribution is -2.13. The molecule has 0 amide bonds. The molecule has 3 nitrogen and oxygen atoms in total. The summed E-state index contributed by atoms with van der Waals surface area (Å²) in [6.07, 6.45) is 4.24. The van der Waals surface area contributed by atoms with Crippen molar-refractivity contribution in [2.45, 2.75) is 53.4 Å². The van der Waals surface area contributed by atoms with Crippen LogP contribution < -0.4 is 10.2 Å². The number of hydrogen-bond acceptors (Lipinski definition) is 3. The normalized spacial score (nSPS) is 11.0. The molecule has 0 N–H and O–H groups in total. The van der Waals surface area contributed by atoms with Gasteiger partial charge in [0.25, 0.3) is 5.95 Å². The fourth-order valence-electron chi connectivity index (χ4n) is 2.04. The third-order valence-electron chi connectivity index (χ3n) is 3.24. The zero-order valence-corrected chi connectivity index (χ0v) is 12.1. The van der Waals surface area contributed by atoms with Crippen LogP contribution in [0.25, 0.3) is 0 Å². The molecule has 0 fully saturated rings. The molecule has 0 aliphatic heterocycles. The van der Waals surface area contributed by atoms with Gasteiger partial charge in [-0.15, -0.1) is 0 Å². The first-order valence-electron chi connectivity index (χ1n) is 6.64. The van der Waals surface area contributed by atoms with Crippen molar-refractivity contribution in [3.8, 4) is 5.95 Å². The van der Waals surface area contributed by atoms with Crippen LogP contribution in [0.5, 0.6) is 5.95 Å².